The van der Waals surface area contributed by atoms with Gasteiger partial charge in [0.1, 0.15) is 0 Å². The van der Waals surface area contributed by atoms with Crippen LogP contribution in [0.15, 0.2) is 33.2 Å². The first kappa shape index (κ1) is 26.6. The Hall–Kier alpha value is -0.670. The number of hydrogen-bond acceptors (Lipinski definition) is 2. The van der Waals surface area contributed by atoms with Crippen LogP contribution in [0.5, 0.6) is 0 Å². The lowest BCUT2D eigenvalue weighted by molar-refractivity contribution is 0.329. The molecule has 0 amide bonds. The van der Waals surface area contributed by atoms with Gasteiger partial charge >= 0.3 is 0 Å². The van der Waals surface area contributed by atoms with Crippen molar-refractivity contribution in [3.8, 4) is 0 Å². The number of alkyl halides is 1. The Morgan fingerprint density at radius 1 is 0.742 bits per heavy atom. The van der Waals surface area contributed by atoms with Crippen molar-refractivity contribution in [2.45, 2.75) is 38.1 Å². The summed E-state index contributed by atoms with van der Waals surface area (Å²) in [5, 5.41) is 3.22. The smallest absolute Gasteiger partial charge is 0.159 e. The predicted octanol–water partition coefficient (Wildman–Crippen LogP) is 7.16. The Morgan fingerprint density at radius 2 is 1.19 bits per heavy atom. The third-order valence-corrected chi connectivity index (χ3v) is 6.64. The molecular weight excluding hydrogens is 564 g/mol. The Labute approximate surface area is 202 Å². The van der Waals surface area contributed by atoms with E-state index in [0.29, 0.717) is 21.1 Å². The molecule has 2 nitrogen and oxygen atoms in total. The zero-order valence-electron chi connectivity index (χ0n) is 17.0. The van der Waals surface area contributed by atoms with Crippen LogP contribution in [0.3, 0.4) is 0 Å². The third-order valence-electron chi connectivity index (χ3n) is 4.87. The van der Waals surface area contributed by atoms with E-state index in [9.17, 15) is 17.6 Å². The average Bonchev–Trinajstić information content (AvgIpc) is 3.46. The molecule has 0 atom stereocenters. The fourth-order valence-corrected chi connectivity index (χ4v) is 4.44. The SMILES string of the molecule is C1CCNC1.Fc1cc(Br)c(CCl)cc1F.Fc1cc(Br)c(CN2CCCC2)cc1F. The number of rotatable bonds is 3. The first-order chi connectivity index (χ1) is 14.8. The van der Waals surface area contributed by atoms with Crippen LogP contribution in [0.25, 0.3) is 0 Å². The predicted molar refractivity (Wildman–Crippen MR) is 124 cm³/mol. The van der Waals surface area contributed by atoms with E-state index in [2.05, 4.69) is 42.1 Å². The number of halogens is 7. The summed E-state index contributed by atoms with van der Waals surface area (Å²) < 4.78 is 52.0. The molecule has 0 bridgehead atoms. The quantitative estimate of drug-likeness (QED) is 0.233. The number of nitrogens with one attached hydrogen (secondary N) is 1. The summed E-state index contributed by atoms with van der Waals surface area (Å²) in [5.74, 6) is -3.15. The van der Waals surface area contributed by atoms with Crippen LogP contribution in [0.1, 0.15) is 36.8 Å². The molecule has 172 valence electrons. The van der Waals surface area contributed by atoms with Crippen molar-refractivity contribution in [1.29, 1.82) is 0 Å². The molecule has 0 saturated carbocycles. The van der Waals surface area contributed by atoms with Gasteiger partial charge in [-0.2, -0.15) is 0 Å². The van der Waals surface area contributed by atoms with E-state index in [-0.39, 0.29) is 5.88 Å². The molecule has 2 saturated heterocycles. The van der Waals surface area contributed by atoms with Crippen molar-refractivity contribution < 1.29 is 17.6 Å². The van der Waals surface area contributed by atoms with E-state index in [4.69, 9.17) is 11.6 Å². The molecule has 9 heteroatoms. The summed E-state index contributed by atoms with van der Waals surface area (Å²) in [4.78, 5) is 2.25. The van der Waals surface area contributed by atoms with Crippen LogP contribution >= 0.6 is 43.5 Å². The average molecular weight is 589 g/mol. The lowest BCUT2D eigenvalue weighted by Gasteiger charge is -2.15. The monoisotopic (exact) mass is 586 g/mol. The molecule has 2 aliphatic rings. The molecule has 2 aliphatic heterocycles. The van der Waals surface area contributed by atoms with Crippen molar-refractivity contribution >= 4 is 43.5 Å². The van der Waals surface area contributed by atoms with E-state index < -0.39 is 23.3 Å². The maximum absolute atomic E-state index is 13.0. The molecular formula is C22H25Br2ClF4N2. The minimum absolute atomic E-state index is 0.164. The largest absolute Gasteiger partial charge is 0.317 e. The van der Waals surface area contributed by atoms with E-state index in [1.165, 1.54) is 50.9 Å². The Kier molecular flexibility index (Phi) is 11.8. The molecule has 2 aromatic rings. The fraction of sp³-hybridized carbons (Fsp3) is 0.455. The van der Waals surface area contributed by atoms with Crippen molar-refractivity contribution in [2.24, 2.45) is 0 Å². The Balaban J connectivity index is 0.000000186. The molecule has 31 heavy (non-hydrogen) atoms. The van der Waals surface area contributed by atoms with E-state index in [1.807, 2.05) is 0 Å². The second kappa shape index (κ2) is 13.8. The van der Waals surface area contributed by atoms with Crippen LogP contribution in [-0.2, 0) is 12.4 Å². The van der Waals surface area contributed by atoms with Gasteiger partial charge in [-0.15, -0.1) is 11.6 Å². The fourth-order valence-electron chi connectivity index (χ4n) is 3.16. The van der Waals surface area contributed by atoms with Crippen molar-refractivity contribution in [3.63, 3.8) is 0 Å². The summed E-state index contributed by atoms with van der Waals surface area (Å²) in [6.45, 7) is 5.29. The normalized spacial score (nSPS) is 15.8. The van der Waals surface area contributed by atoms with Gasteiger partial charge in [-0.3, -0.25) is 4.90 Å². The van der Waals surface area contributed by atoms with Gasteiger partial charge in [0.25, 0.3) is 0 Å². The second-order valence-corrected chi connectivity index (χ2v) is 9.27. The second-order valence-electron chi connectivity index (χ2n) is 7.29. The van der Waals surface area contributed by atoms with Crippen LogP contribution in [0.2, 0.25) is 0 Å². The zero-order valence-corrected chi connectivity index (χ0v) is 20.9. The highest BCUT2D eigenvalue weighted by Crippen LogP contribution is 2.24. The van der Waals surface area contributed by atoms with Crippen molar-refractivity contribution in [2.75, 3.05) is 26.2 Å². The summed E-state index contributed by atoms with van der Waals surface area (Å²) in [6.07, 6.45) is 5.17. The lowest BCUT2D eigenvalue weighted by atomic mass is 10.2. The highest BCUT2D eigenvalue weighted by molar-refractivity contribution is 9.10. The molecule has 2 aromatic carbocycles. The topological polar surface area (TPSA) is 15.3 Å². The Morgan fingerprint density at radius 3 is 1.65 bits per heavy atom. The van der Waals surface area contributed by atoms with Gasteiger partial charge in [-0.25, -0.2) is 17.6 Å². The number of benzene rings is 2. The van der Waals surface area contributed by atoms with Gasteiger partial charge in [0.2, 0.25) is 0 Å². The first-order valence-electron chi connectivity index (χ1n) is 10.1. The highest BCUT2D eigenvalue weighted by atomic mass is 79.9. The van der Waals surface area contributed by atoms with Crippen LogP contribution in [0.4, 0.5) is 17.6 Å². The highest BCUT2D eigenvalue weighted by Gasteiger charge is 2.15. The molecule has 0 aromatic heterocycles. The van der Waals surface area contributed by atoms with E-state index >= 15 is 0 Å². The first-order valence-corrected chi connectivity index (χ1v) is 12.2. The number of nitrogens with zero attached hydrogens (tertiary/aromatic N) is 1. The van der Waals surface area contributed by atoms with Crippen LogP contribution in [-0.4, -0.2) is 31.1 Å². The lowest BCUT2D eigenvalue weighted by Crippen LogP contribution is -2.18. The number of hydrogen-bond donors (Lipinski definition) is 1. The maximum Gasteiger partial charge on any atom is 0.159 e. The minimum Gasteiger partial charge on any atom is -0.317 e. The summed E-state index contributed by atoms with van der Waals surface area (Å²) in [6, 6.07) is 4.61. The van der Waals surface area contributed by atoms with Crippen molar-refractivity contribution in [1.82, 2.24) is 10.2 Å². The molecule has 1 N–H and O–H groups in total. The molecule has 4 rings (SSSR count). The summed E-state index contributed by atoms with van der Waals surface area (Å²) in [7, 11) is 0. The van der Waals surface area contributed by atoms with Gasteiger partial charge in [0, 0.05) is 21.4 Å². The molecule has 0 aliphatic carbocycles. The summed E-state index contributed by atoms with van der Waals surface area (Å²) >= 11 is 11.7. The zero-order chi connectivity index (χ0) is 22.8. The van der Waals surface area contributed by atoms with Gasteiger partial charge in [-0.1, -0.05) is 31.9 Å². The van der Waals surface area contributed by atoms with Gasteiger partial charge in [0.05, 0.1) is 0 Å². The molecule has 0 unspecified atom stereocenters. The maximum atomic E-state index is 13.0. The minimum atomic E-state index is -0.871. The Bertz CT molecular complexity index is 837. The van der Waals surface area contributed by atoms with Gasteiger partial charge < -0.3 is 5.32 Å². The molecule has 2 fully saturated rings. The molecule has 0 radical (unpaired) electrons. The van der Waals surface area contributed by atoms with Crippen LogP contribution in [0, 0.1) is 23.3 Å². The van der Waals surface area contributed by atoms with Gasteiger partial charge in [0.15, 0.2) is 23.3 Å². The third kappa shape index (κ3) is 9.00. The van der Waals surface area contributed by atoms with Gasteiger partial charge in [-0.05, 0) is 87.3 Å². The molecule has 0 spiro atoms. The van der Waals surface area contributed by atoms with Crippen LogP contribution < -0.4 is 5.32 Å². The summed E-state index contributed by atoms with van der Waals surface area (Å²) in [5.41, 5.74) is 1.36. The molecule has 2 heterocycles. The van der Waals surface area contributed by atoms with Crippen molar-refractivity contribution in [3.05, 3.63) is 67.6 Å². The van der Waals surface area contributed by atoms with E-state index in [0.717, 1.165) is 30.8 Å². The number of likely N-dealkylation sites (tertiary alicyclic amines) is 1. The standard InChI is InChI=1S/C11H12BrF2N.C7H4BrClF2.C4H9N/c12-9-6-11(14)10(13)5-8(9)7-15-3-1-2-4-15;8-5-2-7(11)6(10)1-4(5)3-9;1-2-4-5-3-1/h5-6H,1-4,7H2;1-2H,3H2;5H,1-4H2. The van der Waals surface area contributed by atoms with E-state index in [1.54, 1.807) is 0 Å².